The van der Waals surface area contributed by atoms with E-state index >= 15 is 0 Å². The topological polar surface area (TPSA) is 52.4 Å². The maximum absolute atomic E-state index is 11.4. The molecule has 2 aromatic carbocycles. The van der Waals surface area contributed by atoms with E-state index in [9.17, 15) is 10.1 Å². The van der Waals surface area contributed by atoms with Crippen LogP contribution in [0.5, 0.6) is 5.75 Å². The Morgan fingerprint density at radius 3 is 2.38 bits per heavy atom. The summed E-state index contributed by atoms with van der Waals surface area (Å²) in [4.78, 5) is 11.1. The first-order valence-corrected chi connectivity index (χ1v) is 6.95. The van der Waals surface area contributed by atoms with Crippen LogP contribution in [0.1, 0.15) is 36.5 Å². The smallest absolute Gasteiger partial charge is 0.314 e. The molecule has 0 aliphatic rings. The van der Waals surface area contributed by atoms with Crippen molar-refractivity contribution >= 4 is 5.69 Å². The van der Waals surface area contributed by atoms with Gasteiger partial charge in [-0.2, -0.15) is 0 Å². The van der Waals surface area contributed by atoms with E-state index in [-0.39, 0.29) is 16.5 Å². The van der Waals surface area contributed by atoms with Crippen molar-refractivity contribution in [3.8, 4) is 5.75 Å². The molecule has 0 aromatic heterocycles. The Morgan fingerprint density at radius 2 is 1.81 bits per heavy atom. The summed E-state index contributed by atoms with van der Waals surface area (Å²) in [6.07, 6.45) is 0. The van der Waals surface area contributed by atoms with Gasteiger partial charge in [0.15, 0.2) is 0 Å². The highest BCUT2D eigenvalue weighted by atomic mass is 16.6. The first-order valence-electron chi connectivity index (χ1n) is 6.95. The summed E-state index contributed by atoms with van der Waals surface area (Å²) in [5, 5.41) is 11.4. The van der Waals surface area contributed by atoms with Crippen molar-refractivity contribution in [1.29, 1.82) is 0 Å². The molecule has 0 spiro atoms. The van der Waals surface area contributed by atoms with Crippen LogP contribution in [-0.4, -0.2) is 4.92 Å². The molecule has 0 heterocycles. The zero-order valence-corrected chi connectivity index (χ0v) is 12.5. The third-order valence-electron chi connectivity index (χ3n) is 3.39. The molecule has 21 heavy (non-hydrogen) atoms. The molecular formula is C17H19NO3. The lowest BCUT2D eigenvalue weighted by atomic mass is 9.98. The Hall–Kier alpha value is -2.36. The zero-order chi connectivity index (χ0) is 15.4. The second-order valence-electron chi connectivity index (χ2n) is 5.34. The van der Waals surface area contributed by atoms with Gasteiger partial charge >= 0.3 is 5.69 Å². The van der Waals surface area contributed by atoms with Crippen molar-refractivity contribution in [3.63, 3.8) is 0 Å². The summed E-state index contributed by atoms with van der Waals surface area (Å²) in [7, 11) is 0. The lowest BCUT2D eigenvalue weighted by molar-refractivity contribution is -0.386. The minimum Gasteiger partial charge on any atom is -0.482 e. The van der Waals surface area contributed by atoms with Gasteiger partial charge in [-0.25, -0.2) is 0 Å². The average molecular weight is 285 g/mol. The summed E-state index contributed by atoms with van der Waals surface area (Å²) in [6.45, 7) is 6.04. The second-order valence-corrected chi connectivity index (χ2v) is 5.34. The number of nitro benzene ring substituents is 1. The van der Waals surface area contributed by atoms with E-state index in [1.165, 1.54) is 0 Å². The van der Waals surface area contributed by atoms with Gasteiger partial charge in [-0.05, 0) is 24.0 Å². The molecule has 0 fully saturated rings. The quantitative estimate of drug-likeness (QED) is 0.595. The molecule has 0 atom stereocenters. The highest BCUT2D eigenvalue weighted by Crippen LogP contribution is 2.38. The van der Waals surface area contributed by atoms with Gasteiger partial charge in [-0.1, -0.05) is 56.3 Å². The number of benzene rings is 2. The molecule has 4 nitrogen and oxygen atoms in total. The number of nitro groups is 1. The normalized spacial score (nSPS) is 10.7. The molecule has 0 saturated heterocycles. The van der Waals surface area contributed by atoms with Crippen molar-refractivity contribution in [2.75, 3.05) is 0 Å². The summed E-state index contributed by atoms with van der Waals surface area (Å²) in [5.74, 6) is 0.445. The van der Waals surface area contributed by atoms with Crippen molar-refractivity contribution in [2.24, 2.45) is 0 Å². The number of hydrogen-bond donors (Lipinski definition) is 0. The predicted molar refractivity (Wildman–Crippen MR) is 82.7 cm³/mol. The van der Waals surface area contributed by atoms with Gasteiger partial charge in [-0.3, -0.25) is 10.1 Å². The maximum atomic E-state index is 11.4. The maximum Gasteiger partial charge on any atom is 0.314 e. The molecular weight excluding hydrogens is 266 g/mol. The molecule has 2 rings (SSSR count). The first-order chi connectivity index (χ1) is 10.0. The van der Waals surface area contributed by atoms with Crippen molar-refractivity contribution in [1.82, 2.24) is 0 Å². The fourth-order valence-electron chi connectivity index (χ4n) is 2.25. The van der Waals surface area contributed by atoms with Crippen molar-refractivity contribution in [2.45, 2.75) is 33.3 Å². The molecule has 110 valence electrons. The Morgan fingerprint density at radius 1 is 1.14 bits per heavy atom. The SMILES string of the molecule is Cc1ccc(C(C)C)c([N+](=O)[O-])c1OCc1ccccc1. The number of hydrogen-bond acceptors (Lipinski definition) is 3. The molecule has 0 aliphatic heterocycles. The van der Waals surface area contributed by atoms with Gasteiger partial charge in [0, 0.05) is 5.56 Å². The second kappa shape index (κ2) is 6.39. The van der Waals surface area contributed by atoms with E-state index in [4.69, 9.17) is 4.74 Å². The number of aryl methyl sites for hydroxylation is 1. The Kier molecular flexibility index (Phi) is 4.58. The van der Waals surface area contributed by atoms with Gasteiger partial charge in [0.2, 0.25) is 5.75 Å². The van der Waals surface area contributed by atoms with Crippen LogP contribution in [0.3, 0.4) is 0 Å². The summed E-state index contributed by atoms with van der Waals surface area (Å²) >= 11 is 0. The fourth-order valence-corrected chi connectivity index (χ4v) is 2.25. The minimum absolute atomic E-state index is 0.0741. The third-order valence-corrected chi connectivity index (χ3v) is 3.39. The highest BCUT2D eigenvalue weighted by molar-refractivity contribution is 5.58. The molecule has 2 aromatic rings. The molecule has 0 bridgehead atoms. The number of ether oxygens (including phenoxy) is 1. The summed E-state index contributed by atoms with van der Waals surface area (Å²) < 4.78 is 5.76. The van der Waals surface area contributed by atoms with Crippen molar-refractivity contribution < 1.29 is 9.66 Å². The average Bonchev–Trinajstić information content (AvgIpc) is 2.46. The minimum atomic E-state index is -0.345. The molecule has 0 unspecified atom stereocenters. The highest BCUT2D eigenvalue weighted by Gasteiger charge is 2.24. The monoisotopic (exact) mass is 285 g/mol. The summed E-state index contributed by atoms with van der Waals surface area (Å²) in [5.41, 5.74) is 2.55. The molecule has 0 aliphatic carbocycles. The molecule has 4 heteroatoms. The van der Waals surface area contributed by atoms with E-state index in [0.717, 1.165) is 11.1 Å². The molecule has 0 radical (unpaired) electrons. The van der Waals surface area contributed by atoms with Crippen LogP contribution in [0, 0.1) is 17.0 Å². The lowest BCUT2D eigenvalue weighted by Gasteiger charge is -2.14. The first kappa shape index (κ1) is 15.0. The van der Waals surface area contributed by atoms with Gasteiger partial charge in [0.25, 0.3) is 0 Å². The summed E-state index contributed by atoms with van der Waals surface area (Å²) in [6, 6.07) is 13.3. The predicted octanol–water partition coefficient (Wildman–Crippen LogP) is 4.61. The van der Waals surface area contributed by atoms with Crippen LogP contribution in [0.25, 0.3) is 0 Å². The van der Waals surface area contributed by atoms with Gasteiger partial charge in [0.05, 0.1) is 4.92 Å². The van der Waals surface area contributed by atoms with E-state index in [0.29, 0.717) is 17.9 Å². The van der Waals surface area contributed by atoms with E-state index < -0.39 is 0 Å². The molecule has 0 N–H and O–H groups in total. The molecule has 0 amide bonds. The Balaban J connectivity index is 2.37. The number of nitrogens with zero attached hydrogens (tertiary/aromatic N) is 1. The van der Waals surface area contributed by atoms with Crippen LogP contribution in [0.2, 0.25) is 0 Å². The zero-order valence-electron chi connectivity index (χ0n) is 12.5. The largest absolute Gasteiger partial charge is 0.482 e. The van der Waals surface area contributed by atoms with Crippen LogP contribution in [0.15, 0.2) is 42.5 Å². The van der Waals surface area contributed by atoms with Crippen molar-refractivity contribution in [3.05, 3.63) is 69.3 Å². The van der Waals surface area contributed by atoms with Gasteiger partial charge < -0.3 is 4.74 Å². The third kappa shape index (κ3) is 3.40. The van der Waals surface area contributed by atoms with Crippen LogP contribution < -0.4 is 4.74 Å². The standard InChI is InChI=1S/C17H19NO3/c1-12(2)15-10-9-13(3)17(16(15)18(19)20)21-11-14-7-5-4-6-8-14/h4-10,12H,11H2,1-3H3. The van der Waals surface area contributed by atoms with E-state index in [1.54, 1.807) is 0 Å². The Labute approximate surface area is 124 Å². The van der Waals surface area contributed by atoms with Gasteiger partial charge in [-0.15, -0.1) is 0 Å². The van der Waals surface area contributed by atoms with E-state index in [1.807, 2.05) is 63.2 Å². The van der Waals surface area contributed by atoms with Crippen LogP contribution >= 0.6 is 0 Å². The van der Waals surface area contributed by atoms with E-state index in [2.05, 4.69) is 0 Å². The van der Waals surface area contributed by atoms with Crippen LogP contribution in [0.4, 0.5) is 5.69 Å². The number of rotatable bonds is 5. The Bertz CT molecular complexity index is 636. The van der Waals surface area contributed by atoms with Crippen LogP contribution in [-0.2, 0) is 6.61 Å². The fraction of sp³-hybridized carbons (Fsp3) is 0.294. The van der Waals surface area contributed by atoms with Gasteiger partial charge in [0.1, 0.15) is 6.61 Å². The molecule has 0 saturated carbocycles. The lowest BCUT2D eigenvalue weighted by Crippen LogP contribution is -2.04.